The van der Waals surface area contributed by atoms with Crippen molar-refractivity contribution in [1.82, 2.24) is 25.2 Å². The molecule has 1 aromatic carbocycles. The van der Waals surface area contributed by atoms with Crippen LogP contribution in [-0.2, 0) is 12.7 Å². The summed E-state index contributed by atoms with van der Waals surface area (Å²) < 4.78 is 41.5. The number of aliphatic hydroxyl groups is 1. The normalized spacial score (nSPS) is 11.4. The summed E-state index contributed by atoms with van der Waals surface area (Å²) in [7, 11) is 1.40. The number of carbonyl (C=O) groups is 2. The van der Waals surface area contributed by atoms with Crippen LogP contribution in [0.4, 0.5) is 23.8 Å². The molecule has 0 radical (unpaired) electrons. The lowest BCUT2D eigenvalue weighted by molar-refractivity contribution is -0.140. The summed E-state index contributed by atoms with van der Waals surface area (Å²) >= 11 is 0.781. The number of anilines is 1. The van der Waals surface area contributed by atoms with Crippen LogP contribution in [0.1, 0.15) is 23.0 Å². The Morgan fingerprint density at radius 2 is 1.95 bits per heavy atom. The maximum Gasteiger partial charge on any atom is 0.434 e. The summed E-state index contributed by atoms with van der Waals surface area (Å²) in [6.45, 7) is 1.88. The second-order valence-electron chi connectivity index (χ2n) is 8.24. The second-order valence-corrected chi connectivity index (χ2v) is 9.09. The smallest absolute Gasteiger partial charge is 0.395 e. The number of benzene rings is 1. The van der Waals surface area contributed by atoms with Gasteiger partial charge in [0.25, 0.3) is 5.91 Å². The molecule has 0 atom stereocenters. The molecule has 4 aromatic rings. The highest BCUT2D eigenvalue weighted by molar-refractivity contribution is 7.13. The lowest BCUT2D eigenvalue weighted by atomic mass is 9.99. The van der Waals surface area contributed by atoms with Gasteiger partial charge in [0, 0.05) is 54.4 Å². The summed E-state index contributed by atoms with van der Waals surface area (Å²) in [5.41, 5.74) is -0.131. The standard InChI is InChI=1S/C25H23F3N6O4S/c1-3-30-24(38)33-20-9-15(23-32-19(12-39-23)25(26,27)28)16(10-31-20)13-4-5-14-18(8-13)34(6-7-35)11-17(21(14)36)22(37)29-2/h4-5,8-12,35H,3,6-7H2,1-2H3,(H,29,37)(H2,30,31,33,38). The van der Waals surface area contributed by atoms with Gasteiger partial charge in [-0.15, -0.1) is 11.3 Å². The maximum atomic E-state index is 13.3. The highest BCUT2D eigenvalue weighted by Gasteiger charge is 2.34. The van der Waals surface area contributed by atoms with E-state index in [1.165, 1.54) is 31.6 Å². The van der Waals surface area contributed by atoms with Crippen LogP contribution < -0.4 is 21.4 Å². The molecule has 0 spiro atoms. The first-order valence-electron chi connectivity index (χ1n) is 11.7. The van der Waals surface area contributed by atoms with Crippen LogP contribution >= 0.6 is 11.3 Å². The van der Waals surface area contributed by atoms with Gasteiger partial charge in [-0.1, -0.05) is 6.07 Å². The van der Waals surface area contributed by atoms with Crippen molar-refractivity contribution in [3.05, 3.63) is 63.5 Å². The molecule has 0 bridgehead atoms. The van der Waals surface area contributed by atoms with E-state index in [2.05, 4.69) is 25.9 Å². The van der Waals surface area contributed by atoms with Gasteiger partial charge in [-0.2, -0.15) is 13.2 Å². The minimum absolute atomic E-state index is 0.0430. The Balaban J connectivity index is 1.91. The molecule has 4 rings (SSSR count). The number of hydrogen-bond acceptors (Lipinski definition) is 7. The van der Waals surface area contributed by atoms with E-state index < -0.39 is 29.2 Å². The molecule has 3 heterocycles. The number of nitrogens with zero attached hydrogens (tertiary/aromatic N) is 3. The largest absolute Gasteiger partial charge is 0.434 e. The number of carbonyl (C=O) groups excluding carboxylic acids is 2. The molecule has 0 fully saturated rings. The second kappa shape index (κ2) is 11.2. The summed E-state index contributed by atoms with van der Waals surface area (Å²) in [6.07, 6.45) is -1.91. The van der Waals surface area contributed by atoms with Gasteiger partial charge in [0.05, 0.1) is 12.1 Å². The Morgan fingerprint density at radius 3 is 2.59 bits per heavy atom. The minimum Gasteiger partial charge on any atom is -0.395 e. The van der Waals surface area contributed by atoms with Crippen molar-refractivity contribution in [2.75, 3.05) is 25.5 Å². The lowest BCUT2D eigenvalue weighted by Gasteiger charge is -2.15. The van der Waals surface area contributed by atoms with Crippen LogP contribution in [0.25, 0.3) is 32.6 Å². The Bertz CT molecular complexity index is 1620. The van der Waals surface area contributed by atoms with Crippen molar-refractivity contribution in [2.24, 2.45) is 0 Å². The van der Waals surface area contributed by atoms with E-state index in [9.17, 15) is 32.7 Å². The number of hydrogen-bond donors (Lipinski definition) is 4. The van der Waals surface area contributed by atoms with Gasteiger partial charge in [-0.25, -0.2) is 14.8 Å². The molecule has 3 amide bonds. The monoisotopic (exact) mass is 560 g/mol. The number of halogens is 3. The van der Waals surface area contributed by atoms with Crippen LogP contribution in [0.5, 0.6) is 0 Å². The lowest BCUT2D eigenvalue weighted by Crippen LogP contribution is -2.28. The quantitative estimate of drug-likeness (QED) is 0.272. The molecule has 14 heteroatoms. The van der Waals surface area contributed by atoms with Gasteiger partial charge in [-0.05, 0) is 30.7 Å². The molecule has 0 unspecified atom stereocenters. The van der Waals surface area contributed by atoms with Crippen molar-refractivity contribution in [3.8, 4) is 21.7 Å². The van der Waals surface area contributed by atoms with E-state index in [0.717, 1.165) is 16.7 Å². The van der Waals surface area contributed by atoms with Crippen LogP contribution in [-0.4, -0.2) is 51.8 Å². The summed E-state index contributed by atoms with van der Waals surface area (Å²) in [4.78, 5) is 45.3. The Hall–Kier alpha value is -4.30. The third kappa shape index (κ3) is 5.76. The van der Waals surface area contributed by atoms with E-state index in [1.54, 1.807) is 23.6 Å². The maximum absolute atomic E-state index is 13.3. The van der Waals surface area contributed by atoms with E-state index in [1.807, 2.05) is 0 Å². The molecule has 0 saturated carbocycles. The average Bonchev–Trinajstić information content (AvgIpc) is 3.41. The summed E-state index contributed by atoms with van der Waals surface area (Å²) in [5, 5.41) is 18.2. The number of urea groups is 1. The first kappa shape index (κ1) is 27.7. The molecular weight excluding hydrogens is 537 g/mol. The zero-order valence-electron chi connectivity index (χ0n) is 20.7. The number of pyridine rings is 2. The van der Waals surface area contributed by atoms with Crippen molar-refractivity contribution >= 4 is 40.0 Å². The zero-order chi connectivity index (χ0) is 28.3. The number of aromatic nitrogens is 3. The number of rotatable bonds is 7. The summed E-state index contributed by atoms with van der Waals surface area (Å²) in [5.74, 6) is -0.486. The molecule has 0 aliphatic rings. The fourth-order valence-corrected chi connectivity index (χ4v) is 4.78. The Kier molecular flexibility index (Phi) is 7.97. The SMILES string of the molecule is CCNC(=O)Nc1cc(-c2nc(C(F)(F)F)cs2)c(-c2ccc3c(=O)c(C(=O)NC)cn(CCO)c3c2)cn1. The number of fused-ring (bicyclic) bond motifs is 1. The van der Waals surface area contributed by atoms with E-state index in [4.69, 9.17) is 0 Å². The topological polar surface area (TPSA) is 138 Å². The van der Waals surface area contributed by atoms with Gasteiger partial charge in [-0.3, -0.25) is 14.9 Å². The molecule has 10 nitrogen and oxygen atoms in total. The third-order valence-corrected chi connectivity index (χ3v) is 6.59. The van der Waals surface area contributed by atoms with E-state index in [0.29, 0.717) is 23.2 Å². The van der Waals surface area contributed by atoms with Gasteiger partial charge in [0.2, 0.25) is 5.43 Å². The predicted octanol–water partition coefficient (Wildman–Crippen LogP) is 3.70. The van der Waals surface area contributed by atoms with E-state index in [-0.39, 0.29) is 40.5 Å². The van der Waals surface area contributed by atoms with E-state index >= 15 is 0 Å². The molecule has 0 aliphatic carbocycles. The highest BCUT2D eigenvalue weighted by Crippen LogP contribution is 2.39. The molecule has 0 saturated heterocycles. The molecule has 4 N–H and O–H groups in total. The molecular formula is C25H23F3N6O4S. The van der Waals surface area contributed by atoms with Gasteiger partial charge >= 0.3 is 12.2 Å². The number of thiazole rings is 1. The first-order valence-corrected chi connectivity index (χ1v) is 12.5. The van der Waals surface area contributed by atoms with Crippen molar-refractivity contribution in [3.63, 3.8) is 0 Å². The predicted molar refractivity (Wildman–Crippen MR) is 141 cm³/mol. The average molecular weight is 561 g/mol. The van der Waals surface area contributed by atoms with Crippen LogP contribution in [0.15, 0.2) is 46.8 Å². The fraction of sp³-hybridized carbons (Fsp3) is 0.240. The first-order chi connectivity index (χ1) is 18.6. The number of nitrogens with one attached hydrogen (secondary N) is 3. The van der Waals surface area contributed by atoms with Crippen LogP contribution in [0.2, 0.25) is 0 Å². The van der Waals surface area contributed by atoms with Crippen molar-refractivity contribution < 1.29 is 27.9 Å². The summed E-state index contributed by atoms with van der Waals surface area (Å²) in [6, 6.07) is 5.58. The molecule has 204 valence electrons. The fourth-order valence-electron chi connectivity index (χ4n) is 3.93. The minimum atomic E-state index is -4.64. The van der Waals surface area contributed by atoms with Gasteiger partial charge < -0.3 is 20.3 Å². The van der Waals surface area contributed by atoms with Crippen LogP contribution in [0.3, 0.4) is 0 Å². The zero-order valence-corrected chi connectivity index (χ0v) is 21.5. The number of aliphatic hydroxyl groups excluding tert-OH is 1. The Labute approximate surface area is 223 Å². The van der Waals surface area contributed by atoms with Gasteiger partial charge in [0.15, 0.2) is 5.69 Å². The molecule has 0 aliphatic heterocycles. The molecule has 3 aromatic heterocycles. The molecule has 39 heavy (non-hydrogen) atoms. The third-order valence-electron chi connectivity index (χ3n) is 5.71. The van der Waals surface area contributed by atoms with Gasteiger partial charge in [0.1, 0.15) is 16.4 Å². The highest BCUT2D eigenvalue weighted by atomic mass is 32.1. The van der Waals surface area contributed by atoms with Crippen molar-refractivity contribution in [1.29, 1.82) is 0 Å². The van der Waals surface area contributed by atoms with Crippen molar-refractivity contribution in [2.45, 2.75) is 19.6 Å². The Morgan fingerprint density at radius 1 is 1.18 bits per heavy atom. The van der Waals surface area contributed by atoms with Crippen LogP contribution in [0, 0.1) is 0 Å². The number of alkyl halides is 3. The number of amides is 3.